The summed E-state index contributed by atoms with van der Waals surface area (Å²) in [5.41, 5.74) is 2.20. The van der Waals surface area contributed by atoms with Crippen LogP contribution in [0.1, 0.15) is 56.7 Å². The van der Waals surface area contributed by atoms with E-state index in [4.69, 9.17) is 19.7 Å². The molecule has 2 aromatic heterocycles. The Kier molecular flexibility index (Phi) is 6.29. The fourth-order valence-corrected chi connectivity index (χ4v) is 8.11. The molecule has 0 aliphatic carbocycles. The fraction of sp³-hybridized carbons (Fsp3) is 0.441. The topological polar surface area (TPSA) is 66.4 Å². The van der Waals surface area contributed by atoms with Gasteiger partial charge in [0.05, 0.1) is 22.7 Å². The lowest BCUT2D eigenvalue weighted by Crippen LogP contribution is -2.50. The van der Waals surface area contributed by atoms with E-state index < -0.39 is 5.82 Å². The molecule has 222 valence electrons. The first-order chi connectivity index (χ1) is 21.0. The highest BCUT2D eigenvalue weighted by atomic mass is 19.1. The third kappa shape index (κ3) is 4.11. The van der Waals surface area contributed by atoms with Crippen LogP contribution in [-0.2, 0) is 6.42 Å². The molecule has 4 aliphatic rings. The molecular formula is C34H36F2N6O. The second kappa shape index (κ2) is 10.1. The lowest BCUT2D eigenvalue weighted by Gasteiger charge is -2.38. The van der Waals surface area contributed by atoms with Crippen LogP contribution in [0, 0.1) is 18.6 Å². The minimum atomic E-state index is -0.533. The third-order valence-electron chi connectivity index (χ3n) is 10.3. The Hall–Kier alpha value is -3.85. The molecule has 4 aliphatic heterocycles. The maximum absolute atomic E-state index is 16.9. The maximum Gasteiger partial charge on any atom is 0.319 e. The van der Waals surface area contributed by atoms with Gasteiger partial charge in [0.1, 0.15) is 29.5 Å². The van der Waals surface area contributed by atoms with Crippen molar-refractivity contribution in [3.8, 4) is 17.3 Å². The van der Waals surface area contributed by atoms with E-state index in [0.29, 0.717) is 40.7 Å². The van der Waals surface area contributed by atoms with Gasteiger partial charge in [-0.15, -0.1) is 0 Å². The second-order valence-electron chi connectivity index (χ2n) is 12.6. The van der Waals surface area contributed by atoms with E-state index in [1.165, 1.54) is 6.07 Å². The van der Waals surface area contributed by atoms with Crippen molar-refractivity contribution in [1.82, 2.24) is 25.2 Å². The zero-order chi connectivity index (χ0) is 29.3. The number of nitrogens with zero attached hydrogens (tertiary/aromatic N) is 5. The summed E-state index contributed by atoms with van der Waals surface area (Å²) in [6.45, 7) is 6.58. The molecule has 9 heteroatoms. The number of benzene rings is 2. The fourth-order valence-electron chi connectivity index (χ4n) is 8.11. The van der Waals surface area contributed by atoms with Crippen LogP contribution in [0.15, 0.2) is 42.7 Å². The van der Waals surface area contributed by atoms with Gasteiger partial charge in [0.25, 0.3) is 0 Å². The Labute approximate surface area is 250 Å². The van der Waals surface area contributed by atoms with Crippen molar-refractivity contribution in [3.63, 3.8) is 0 Å². The van der Waals surface area contributed by atoms with Gasteiger partial charge < -0.3 is 15.0 Å². The van der Waals surface area contributed by atoms with Crippen molar-refractivity contribution in [2.75, 3.05) is 24.6 Å². The number of hydrogen-bond donors (Lipinski definition) is 1. The number of halogens is 2. The average molecular weight is 583 g/mol. The summed E-state index contributed by atoms with van der Waals surface area (Å²) < 4.78 is 38.1. The van der Waals surface area contributed by atoms with Gasteiger partial charge >= 0.3 is 6.01 Å². The van der Waals surface area contributed by atoms with E-state index in [1.54, 1.807) is 13.0 Å². The number of pyridine rings is 1. The predicted octanol–water partition coefficient (Wildman–Crippen LogP) is 6.41. The van der Waals surface area contributed by atoms with Crippen molar-refractivity contribution >= 4 is 27.5 Å². The van der Waals surface area contributed by atoms with Gasteiger partial charge in [-0.05, 0) is 87.4 Å². The predicted molar refractivity (Wildman–Crippen MR) is 164 cm³/mol. The third-order valence-corrected chi connectivity index (χ3v) is 10.3. The van der Waals surface area contributed by atoms with Crippen LogP contribution in [0.2, 0.25) is 0 Å². The second-order valence-corrected chi connectivity index (χ2v) is 12.6. The summed E-state index contributed by atoms with van der Waals surface area (Å²) in [6, 6.07) is 9.33. The molecule has 0 spiro atoms. The van der Waals surface area contributed by atoms with Gasteiger partial charge in [-0.2, -0.15) is 9.97 Å². The molecule has 43 heavy (non-hydrogen) atoms. The van der Waals surface area contributed by atoms with Gasteiger partial charge in [0, 0.05) is 24.0 Å². The number of anilines is 1. The number of fused-ring (bicyclic) bond motifs is 4. The van der Waals surface area contributed by atoms with Crippen LogP contribution in [0.25, 0.3) is 32.9 Å². The summed E-state index contributed by atoms with van der Waals surface area (Å²) in [5, 5.41) is 5.63. The molecule has 2 saturated heterocycles. The van der Waals surface area contributed by atoms with Gasteiger partial charge in [-0.3, -0.25) is 4.90 Å². The quantitative estimate of drug-likeness (QED) is 0.292. The normalized spacial score (nSPS) is 22.5. The Morgan fingerprint density at radius 3 is 2.70 bits per heavy atom. The van der Waals surface area contributed by atoms with E-state index in [0.717, 1.165) is 62.7 Å². The lowest BCUT2D eigenvalue weighted by molar-refractivity contribution is 0.108. The average Bonchev–Trinajstić information content (AvgIpc) is 3.57. The smallest absolute Gasteiger partial charge is 0.319 e. The largest absolute Gasteiger partial charge is 0.461 e. The first kappa shape index (κ1) is 26.8. The van der Waals surface area contributed by atoms with Gasteiger partial charge in [0.2, 0.25) is 0 Å². The number of aryl methyl sites for hydroxylation is 2. The highest BCUT2D eigenvalue weighted by Gasteiger charge is 2.45. The van der Waals surface area contributed by atoms with E-state index in [-0.39, 0.29) is 40.7 Å². The Morgan fingerprint density at radius 1 is 1.05 bits per heavy atom. The SMILES string of the molecule is CC[C@@H]1NC=CN2c3nc(OCC45CCCN4CCC5)nc4c(F)c(-c5cccc6ccc(F)c(C)c56)nc(c34)CC[C@H]12. The number of ether oxygens (including phenoxy) is 1. The molecule has 0 radical (unpaired) electrons. The van der Waals surface area contributed by atoms with Gasteiger partial charge in [-0.25, -0.2) is 13.8 Å². The van der Waals surface area contributed by atoms with Crippen LogP contribution < -0.4 is 15.0 Å². The number of aromatic nitrogens is 3. The summed E-state index contributed by atoms with van der Waals surface area (Å²) in [5.74, 6) is -0.220. The van der Waals surface area contributed by atoms with Crippen LogP contribution in [0.5, 0.6) is 6.01 Å². The van der Waals surface area contributed by atoms with E-state index >= 15 is 4.39 Å². The highest BCUT2D eigenvalue weighted by Crippen LogP contribution is 2.43. The molecule has 2 aromatic carbocycles. The molecule has 7 nitrogen and oxygen atoms in total. The number of rotatable bonds is 5. The van der Waals surface area contributed by atoms with Crippen LogP contribution >= 0.6 is 0 Å². The zero-order valence-corrected chi connectivity index (χ0v) is 24.7. The zero-order valence-electron chi connectivity index (χ0n) is 24.7. The molecule has 1 N–H and O–H groups in total. The van der Waals surface area contributed by atoms with Crippen LogP contribution in [0.4, 0.5) is 14.6 Å². The highest BCUT2D eigenvalue weighted by molar-refractivity contribution is 6.01. The molecule has 4 aromatic rings. The Morgan fingerprint density at radius 2 is 1.88 bits per heavy atom. The first-order valence-electron chi connectivity index (χ1n) is 15.6. The standard InChI is InChI=1S/C34H36F2N6O/c1-3-24-26-12-11-25-28-31(29(36)30(38-25)22-8-4-7-21-9-10-23(35)20(2)27(21)22)39-33(40-32(28)42(26)18-15-37-24)43-19-34-13-5-16-41(34)17-6-14-34/h4,7-10,15,18,24,26,37H,3,5-6,11-14,16-17,19H2,1-2H3/t24-,26+/m0/s1. The number of nitrogens with one attached hydrogen (secondary N) is 1. The minimum Gasteiger partial charge on any atom is -0.461 e. The molecule has 2 atom stereocenters. The molecule has 8 rings (SSSR count). The molecular weight excluding hydrogens is 546 g/mol. The molecule has 0 bridgehead atoms. The van der Waals surface area contributed by atoms with Crippen molar-refractivity contribution in [2.45, 2.75) is 76.4 Å². The van der Waals surface area contributed by atoms with Crippen molar-refractivity contribution in [3.05, 3.63) is 65.6 Å². The molecule has 6 heterocycles. The van der Waals surface area contributed by atoms with E-state index in [1.807, 2.05) is 30.6 Å². The minimum absolute atomic E-state index is 0.00882. The summed E-state index contributed by atoms with van der Waals surface area (Å²) in [7, 11) is 0. The monoisotopic (exact) mass is 582 g/mol. The van der Waals surface area contributed by atoms with E-state index in [2.05, 4.69) is 22.0 Å². The Bertz CT molecular complexity index is 1780. The van der Waals surface area contributed by atoms with Gasteiger partial charge in [-0.1, -0.05) is 31.2 Å². The van der Waals surface area contributed by atoms with E-state index in [9.17, 15) is 4.39 Å². The maximum atomic E-state index is 16.9. The van der Waals surface area contributed by atoms with Crippen molar-refractivity contribution < 1.29 is 13.5 Å². The Balaban J connectivity index is 1.33. The van der Waals surface area contributed by atoms with Crippen molar-refractivity contribution in [1.29, 1.82) is 0 Å². The summed E-state index contributed by atoms with van der Waals surface area (Å²) >= 11 is 0. The van der Waals surface area contributed by atoms with Crippen molar-refractivity contribution in [2.24, 2.45) is 0 Å². The summed E-state index contributed by atoms with van der Waals surface area (Å²) in [6.07, 6.45) is 10.9. The molecule has 0 unspecified atom stereocenters. The molecule has 2 fully saturated rings. The molecule has 0 amide bonds. The number of hydrogen-bond acceptors (Lipinski definition) is 7. The van der Waals surface area contributed by atoms with Crippen LogP contribution in [-0.4, -0.2) is 57.2 Å². The first-order valence-corrected chi connectivity index (χ1v) is 15.6. The van der Waals surface area contributed by atoms with Crippen LogP contribution in [0.3, 0.4) is 0 Å². The van der Waals surface area contributed by atoms with Gasteiger partial charge in [0.15, 0.2) is 5.82 Å². The summed E-state index contributed by atoms with van der Waals surface area (Å²) in [4.78, 5) is 19.4. The molecule has 0 saturated carbocycles. The lowest BCUT2D eigenvalue weighted by atomic mass is 9.95.